The van der Waals surface area contributed by atoms with Crippen molar-refractivity contribution in [3.05, 3.63) is 18.0 Å². The number of rotatable bonds is 2. The maximum atomic E-state index is 4.39. The minimum atomic E-state index is 0.616. The molecule has 0 amide bonds. The van der Waals surface area contributed by atoms with Gasteiger partial charge >= 0.3 is 0 Å². The SMILES string of the molecule is C[C@H]1CNCCN1Cc1ccn(C)n1. The lowest BCUT2D eigenvalue weighted by molar-refractivity contribution is 0.163. The summed E-state index contributed by atoms with van der Waals surface area (Å²) in [7, 11) is 1.96. The quantitative estimate of drug-likeness (QED) is 0.731. The van der Waals surface area contributed by atoms with Crippen LogP contribution in [0.1, 0.15) is 12.6 Å². The number of aryl methyl sites for hydroxylation is 1. The zero-order valence-electron chi connectivity index (χ0n) is 8.90. The van der Waals surface area contributed by atoms with Crippen LogP contribution in [0.4, 0.5) is 0 Å². The monoisotopic (exact) mass is 194 g/mol. The average Bonchev–Trinajstić information content (AvgIpc) is 2.56. The summed E-state index contributed by atoms with van der Waals surface area (Å²) in [6.07, 6.45) is 2.00. The van der Waals surface area contributed by atoms with Gasteiger partial charge in [0.2, 0.25) is 0 Å². The van der Waals surface area contributed by atoms with E-state index in [-0.39, 0.29) is 0 Å². The van der Waals surface area contributed by atoms with E-state index in [9.17, 15) is 0 Å². The van der Waals surface area contributed by atoms with Gasteiger partial charge in [-0.15, -0.1) is 0 Å². The van der Waals surface area contributed by atoms with Gasteiger partial charge in [0.05, 0.1) is 5.69 Å². The van der Waals surface area contributed by atoms with E-state index >= 15 is 0 Å². The van der Waals surface area contributed by atoms with Gasteiger partial charge in [-0.25, -0.2) is 0 Å². The normalized spacial score (nSPS) is 24.0. The fourth-order valence-electron chi connectivity index (χ4n) is 1.87. The predicted molar refractivity (Wildman–Crippen MR) is 55.9 cm³/mol. The van der Waals surface area contributed by atoms with E-state index in [1.807, 2.05) is 17.9 Å². The molecule has 2 heterocycles. The second-order valence-electron chi connectivity index (χ2n) is 4.00. The van der Waals surface area contributed by atoms with Gasteiger partial charge < -0.3 is 5.32 Å². The number of aromatic nitrogens is 2. The Hall–Kier alpha value is -0.870. The maximum Gasteiger partial charge on any atom is 0.0764 e. The van der Waals surface area contributed by atoms with Crippen molar-refractivity contribution in [2.75, 3.05) is 19.6 Å². The Bertz CT molecular complexity index is 294. The molecule has 1 fully saturated rings. The van der Waals surface area contributed by atoms with Gasteiger partial charge in [0, 0.05) is 45.5 Å². The number of nitrogens with one attached hydrogen (secondary N) is 1. The summed E-state index contributed by atoms with van der Waals surface area (Å²) in [6, 6.07) is 2.71. The van der Waals surface area contributed by atoms with Crippen LogP contribution in [0.3, 0.4) is 0 Å². The summed E-state index contributed by atoms with van der Waals surface area (Å²) in [4.78, 5) is 2.47. The molecule has 0 bridgehead atoms. The molecule has 0 radical (unpaired) electrons. The summed E-state index contributed by atoms with van der Waals surface area (Å²) in [5, 5.41) is 7.78. The molecule has 0 unspecified atom stereocenters. The Morgan fingerprint density at radius 3 is 3.14 bits per heavy atom. The van der Waals surface area contributed by atoms with Crippen LogP contribution in [0.2, 0.25) is 0 Å². The topological polar surface area (TPSA) is 33.1 Å². The lowest BCUT2D eigenvalue weighted by Crippen LogP contribution is -2.49. The van der Waals surface area contributed by atoms with Crippen molar-refractivity contribution in [2.24, 2.45) is 7.05 Å². The fourth-order valence-corrected chi connectivity index (χ4v) is 1.87. The molecule has 14 heavy (non-hydrogen) atoms. The largest absolute Gasteiger partial charge is 0.314 e. The van der Waals surface area contributed by atoms with Crippen molar-refractivity contribution < 1.29 is 0 Å². The summed E-state index contributed by atoms with van der Waals surface area (Å²) in [6.45, 7) is 6.54. The van der Waals surface area contributed by atoms with Crippen LogP contribution in [-0.4, -0.2) is 40.4 Å². The van der Waals surface area contributed by atoms with E-state index in [4.69, 9.17) is 0 Å². The third-order valence-electron chi connectivity index (χ3n) is 2.77. The standard InChI is InChI=1S/C10H18N4/c1-9-7-11-4-6-14(9)8-10-3-5-13(2)12-10/h3,5,9,11H,4,6-8H2,1-2H3/t9-/m0/s1. The molecule has 1 aliphatic heterocycles. The van der Waals surface area contributed by atoms with Crippen molar-refractivity contribution in [2.45, 2.75) is 19.5 Å². The fraction of sp³-hybridized carbons (Fsp3) is 0.700. The third kappa shape index (κ3) is 2.13. The average molecular weight is 194 g/mol. The summed E-state index contributed by atoms with van der Waals surface area (Å²) in [5.41, 5.74) is 1.17. The molecule has 4 heteroatoms. The molecule has 1 aromatic heterocycles. The number of piperazine rings is 1. The van der Waals surface area contributed by atoms with Crippen LogP contribution in [0.25, 0.3) is 0 Å². The lowest BCUT2D eigenvalue weighted by atomic mass is 10.2. The first-order valence-corrected chi connectivity index (χ1v) is 5.19. The number of nitrogens with zero attached hydrogens (tertiary/aromatic N) is 3. The lowest BCUT2D eigenvalue weighted by Gasteiger charge is -2.33. The third-order valence-corrected chi connectivity index (χ3v) is 2.77. The molecular weight excluding hydrogens is 176 g/mol. The molecule has 1 atom stereocenters. The first-order valence-electron chi connectivity index (χ1n) is 5.19. The van der Waals surface area contributed by atoms with Gasteiger partial charge in [-0.05, 0) is 13.0 Å². The van der Waals surface area contributed by atoms with Crippen LogP contribution in [-0.2, 0) is 13.6 Å². The Balaban J connectivity index is 1.95. The first kappa shape index (κ1) is 9.68. The Morgan fingerprint density at radius 2 is 2.50 bits per heavy atom. The number of hydrogen-bond donors (Lipinski definition) is 1. The van der Waals surface area contributed by atoms with Crippen LogP contribution in [0.15, 0.2) is 12.3 Å². The van der Waals surface area contributed by atoms with Gasteiger partial charge in [0.25, 0.3) is 0 Å². The molecule has 1 aromatic rings. The van der Waals surface area contributed by atoms with Gasteiger partial charge in [0.15, 0.2) is 0 Å². The van der Waals surface area contributed by atoms with Crippen LogP contribution in [0.5, 0.6) is 0 Å². The molecular formula is C10H18N4. The predicted octanol–water partition coefficient (Wildman–Crippen LogP) is 0.214. The van der Waals surface area contributed by atoms with E-state index < -0.39 is 0 Å². The molecule has 1 N–H and O–H groups in total. The zero-order chi connectivity index (χ0) is 9.97. The maximum absolute atomic E-state index is 4.39. The highest BCUT2D eigenvalue weighted by molar-refractivity contribution is 4.99. The van der Waals surface area contributed by atoms with E-state index in [1.165, 1.54) is 5.69 Å². The van der Waals surface area contributed by atoms with Crippen molar-refractivity contribution in [1.82, 2.24) is 20.0 Å². The molecule has 1 aliphatic rings. The Kier molecular flexibility index (Phi) is 2.84. The van der Waals surface area contributed by atoms with Crippen molar-refractivity contribution in [1.29, 1.82) is 0 Å². The highest BCUT2D eigenvalue weighted by atomic mass is 15.3. The second kappa shape index (κ2) is 4.11. The van der Waals surface area contributed by atoms with E-state index in [0.29, 0.717) is 6.04 Å². The molecule has 0 aliphatic carbocycles. The zero-order valence-corrected chi connectivity index (χ0v) is 8.90. The van der Waals surface area contributed by atoms with Crippen LogP contribution in [0, 0.1) is 0 Å². The molecule has 0 aromatic carbocycles. The van der Waals surface area contributed by atoms with Gasteiger partial charge in [0.1, 0.15) is 0 Å². The number of hydrogen-bond acceptors (Lipinski definition) is 3. The molecule has 2 rings (SSSR count). The van der Waals surface area contributed by atoms with E-state index in [1.54, 1.807) is 0 Å². The van der Waals surface area contributed by atoms with Crippen LogP contribution >= 0.6 is 0 Å². The smallest absolute Gasteiger partial charge is 0.0764 e. The van der Waals surface area contributed by atoms with Crippen molar-refractivity contribution >= 4 is 0 Å². The summed E-state index contributed by atoms with van der Waals surface area (Å²) >= 11 is 0. The minimum Gasteiger partial charge on any atom is -0.314 e. The molecule has 0 saturated carbocycles. The molecule has 4 nitrogen and oxygen atoms in total. The minimum absolute atomic E-state index is 0.616. The highest BCUT2D eigenvalue weighted by Gasteiger charge is 2.18. The molecule has 1 saturated heterocycles. The van der Waals surface area contributed by atoms with Crippen molar-refractivity contribution in [3.8, 4) is 0 Å². The van der Waals surface area contributed by atoms with E-state index in [2.05, 4.69) is 28.3 Å². The molecule has 0 spiro atoms. The highest BCUT2D eigenvalue weighted by Crippen LogP contribution is 2.07. The molecule has 78 valence electrons. The Labute approximate surface area is 84.9 Å². The second-order valence-corrected chi connectivity index (χ2v) is 4.00. The van der Waals surface area contributed by atoms with E-state index in [0.717, 1.165) is 26.2 Å². The first-order chi connectivity index (χ1) is 6.75. The van der Waals surface area contributed by atoms with Crippen LogP contribution < -0.4 is 5.32 Å². The Morgan fingerprint density at radius 1 is 1.64 bits per heavy atom. The van der Waals surface area contributed by atoms with Gasteiger partial charge in [-0.1, -0.05) is 0 Å². The summed E-state index contributed by atoms with van der Waals surface area (Å²) < 4.78 is 1.86. The van der Waals surface area contributed by atoms with Gasteiger partial charge in [-0.3, -0.25) is 9.58 Å². The van der Waals surface area contributed by atoms with Crippen molar-refractivity contribution in [3.63, 3.8) is 0 Å². The van der Waals surface area contributed by atoms with Gasteiger partial charge in [-0.2, -0.15) is 5.10 Å². The summed E-state index contributed by atoms with van der Waals surface area (Å²) in [5.74, 6) is 0.